The summed E-state index contributed by atoms with van der Waals surface area (Å²) in [7, 11) is -4.05. The third-order valence-corrected chi connectivity index (χ3v) is 7.17. The lowest BCUT2D eigenvalue weighted by Crippen LogP contribution is -2.38. The third kappa shape index (κ3) is 3.61. The number of nitrogens with zero attached hydrogens (tertiary/aromatic N) is 2. The number of aromatic nitrogens is 2. The summed E-state index contributed by atoms with van der Waals surface area (Å²) in [6.45, 7) is 2.06. The number of nitrogens with one attached hydrogen (secondary N) is 2. The molecule has 0 bridgehead atoms. The molecule has 4 rings (SSSR count). The molecule has 1 aromatic carbocycles. The Bertz CT molecular complexity index is 1260. The molecule has 30 heavy (non-hydrogen) atoms. The number of H-pyrrole nitrogens is 1. The Balaban J connectivity index is 1.74. The molecule has 1 fully saturated rings. The van der Waals surface area contributed by atoms with Gasteiger partial charge in [0.15, 0.2) is 5.82 Å². The lowest BCUT2D eigenvalue weighted by Gasteiger charge is -2.22. The normalized spacial score (nSPS) is 17.5. The predicted octanol–water partition coefficient (Wildman–Crippen LogP) is 3.98. The van der Waals surface area contributed by atoms with Gasteiger partial charge in [-0.25, -0.2) is 13.8 Å². The van der Waals surface area contributed by atoms with Crippen LogP contribution in [0.2, 0.25) is 0 Å². The molecule has 0 aliphatic carbocycles. The Kier molecular flexibility index (Phi) is 5.37. The fraction of sp³-hybridized carbons (Fsp3) is 0.263. The molecule has 3 aromatic rings. The zero-order valence-electron chi connectivity index (χ0n) is 15.7. The molecule has 2 N–H and O–H groups in total. The van der Waals surface area contributed by atoms with Gasteiger partial charge in [-0.1, -0.05) is 0 Å². The number of pyridine rings is 1. The van der Waals surface area contributed by atoms with E-state index in [0.29, 0.717) is 34.9 Å². The fourth-order valence-corrected chi connectivity index (χ4v) is 5.43. The van der Waals surface area contributed by atoms with Crippen LogP contribution in [0, 0.1) is 11.6 Å². The molecule has 0 saturated carbocycles. The SMILES string of the molecule is C[C@H]1CCCN1S(=O)(=O)Nc1ccc(F)c(C(=O)c2c[nH]c3ncc(Br)cc23)c1F. The summed E-state index contributed by atoms with van der Waals surface area (Å²) >= 11 is 3.25. The van der Waals surface area contributed by atoms with Crippen molar-refractivity contribution in [1.29, 1.82) is 0 Å². The number of fused-ring (bicyclic) bond motifs is 1. The van der Waals surface area contributed by atoms with E-state index >= 15 is 4.39 Å². The van der Waals surface area contributed by atoms with Crippen molar-refractivity contribution in [1.82, 2.24) is 14.3 Å². The van der Waals surface area contributed by atoms with Crippen molar-refractivity contribution in [3.8, 4) is 0 Å². The Morgan fingerprint density at radius 3 is 2.83 bits per heavy atom. The first-order valence-electron chi connectivity index (χ1n) is 9.14. The number of carbonyl (C=O) groups is 1. The van der Waals surface area contributed by atoms with E-state index in [9.17, 15) is 17.6 Å². The lowest BCUT2D eigenvalue weighted by atomic mass is 10.0. The van der Waals surface area contributed by atoms with Gasteiger partial charge in [0.1, 0.15) is 11.5 Å². The van der Waals surface area contributed by atoms with Crippen LogP contribution in [0.3, 0.4) is 0 Å². The molecule has 11 heteroatoms. The van der Waals surface area contributed by atoms with Gasteiger partial charge in [0.2, 0.25) is 5.78 Å². The van der Waals surface area contributed by atoms with Crippen LogP contribution >= 0.6 is 15.9 Å². The molecular weight excluding hydrogens is 482 g/mol. The molecule has 0 unspecified atom stereocenters. The van der Waals surface area contributed by atoms with Crippen molar-refractivity contribution in [2.45, 2.75) is 25.8 Å². The topological polar surface area (TPSA) is 95.2 Å². The summed E-state index contributed by atoms with van der Waals surface area (Å²) < 4.78 is 58.8. The predicted molar refractivity (Wildman–Crippen MR) is 112 cm³/mol. The van der Waals surface area contributed by atoms with Crippen molar-refractivity contribution >= 4 is 48.6 Å². The molecule has 3 heterocycles. The minimum atomic E-state index is -4.05. The number of halogens is 3. The maximum atomic E-state index is 15.1. The van der Waals surface area contributed by atoms with E-state index in [4.69, 9.17) is 0 Å². The summed E-state index contributed by atoms with van der Waals surface area (Å²) in [5.74, 6) is -3.29. The van der Waals surface area contributed by atoms with Crippen molar-refractivity contribution in [3.63, 3.8) is 0 Å². The first kappa shape index (κ1) is 20.9. The largest absolute Gasteiger partial charge is 0.345 e. The second-order valence-corrected chi connectivity index (χ2v) is 9.61. The monoisotopic (exact) mass is 498 g/mol. The first-order chi connectivity index (χ1) is 14.2. The van der Waals surface area contributed by atoms with E-state index in [1.54, 1.807) is 13.0 Å². The molecule has 1 aliphatic rings. The molecule has 1 aliphatic heterocycles. The number of rotatable bonds is 5. The van der Waals surface area contributed by atoms with E-state index in [0.717, 1.165) is 12.1 Å². The molecular formula is C19H17BrF2N4O3S. The van der Waals surface area contributed by atoms with Crippen LogP contribution in [0.5, 0.6) is 0 Å². The maximum absolute atomic E-state index is 15.1. The van der Waals surface area contributed by atoms with Crippen LogP contribution in [0.15, 0.2) is 35.1 Å². The van der Waals surface area contributed by atoms with Crippen LogP contribution in [0.4, 0.5) is 14.5 Å². The van der Waals surface area contributed by atoms with E-state index < -0.39 is 38.9 Å². The fourth-order valence-electron chi connectivity index (χ4n) is 3.60. The van der Waals surface area contributed by atoms with E-state index in [1.807, 2.05) is 0 Å². The lowest BCUT2D eigenvalue weighted by molar-refractivity contribution is 0.103. The summed E-state index contributed by atoms with van der Waals surface area (Å²) in [4.78, 5) is 19.9. The highest BCUT2D eigenvalue weighted by molar-refractivity contribution is 9.10. The minimum Gasteiger partial charge on any atom is -0.345 e. The molecule has 1 saturated heterocycles. The Labute approximate surface area is 179 Å². The van der Waals surface area contributed by atoms with Crippen molar-refractivity contribution in [2.75, 3.05) is 11.3 Å². The van der Waals surface area contributed by atoms with Gasteiger partial charge in [0.25, 0.3) is 0 Å². The van der Waals surface area contributed by atoms with E-state index in [-0.39, 0.29) is 11.6 Å². The van der Waals surface area contributed by atoms with Gasteiger partial charge in [-0.3, -0.25) is 9.52 Å². The highest BCUT2D eigenvalue weighted by Gasteiger charge is 2.33. The van der Waals surface area contributed by atoms with Gasteiger partial charge in [-0.2, -0.15) is 12.7 Å². The Morgan fingerprint density at radius 2 is 2.13 bits per heavy atom. The zero-order chi connectivity index (χ0) is 21.6. The minimum absolute atomic E-state index is 0.0183. The molecule has 1 atom stereocenters. The van der Waals surface area contributed by atoms with Gasteiger partial charge >= 0.3 is 10.2 Å². The van der Waals surface area contributed by atoms with Crippen LogP contribution in [0.1, 0.15) is 35.7 Å². The smallest absolute Gasteiger partial charge is 0.301 e. The van der Waals surface area contributed by atoms with Crippen molar-refractivity contribution in [3.05, 3.63) is 57.8 Å². The number of anilines is 1. The van der Waals surface area contributed by atoms with Crippen LogP contribution in [-0.4, -0.2) is 41.1 Å². The summed E-state index contributed by atoms with van der Waals surface area (Å²) in [5, 5.41) is 0.380. The number of benzene rings is 1. The van der Waals surface area contributed by atoms with Crippen molar-refractivity contribution < 1.29 is 22.0 Å². The second-order valence-electron chi connectivity index (χ2n) is 7.07. The van der Waals surface area contributed by atoms with Gasteiger partial charge in [-0.05, 0) is 53.9 Å². The zero-order valence-corrected chi connectivity index (χ0v) is 18.1. The van der Waals surface area contributed by atoms with Gasteiger partial charge in [0.05, 0.1) is 11.3 Å². The van der Waals surface area contributed by atoms with Crippen LogP contribution in [-0.2, 0) is 10.2 Å². The summed E-state index contributed by atoms with van der Waals surface area (Å²) in [5.41, 5.74) is -0.935. The second kappa shape index (κ2) is 7.71. The van der Waals surface area contributed by atoms with Crippen LogP contribution in [0.25, 0.3) is 11.0 Å². The average molecular weight is 499 g/mol. The van der Waals surface area contributed by atoms with Gasteiger partial charge < -0.3 is 4.98 Å². The van der Waals surface area contributed by atoms with E-state index in [2.05, 4.69) is 30.6 Å². The van der Waals surface area contributed by atoms with Crippen LogP contribution < -0.4 is 4.72 Å². The number of hydrogen-bond acceptors (Lipinski definition) is 4. The maximum Gasteiger partial charge on any atom is 0.301 e. The molecule has 0 radical (unpaired) electrons. The van der Waals surface area contributed by atoms with Gasteiger partial charge in [-0.15, -0.1) is 0 Å². The van der Waals surface area contributed by atoms with Crippen molar-refractivity contribution in [2.24, 2.45) is 0 Å². The highest BCUT2D eigenvalue weighted by Crippen LogP contribution is 2.29. The molecule has 158 valence electrons. The quantitative estimate of drug-likeness (QED) is 0.520. The average Bonchev–Trinajstić information content (AvgIpc) is 3.30. The standard InChI is InChI=1S/C19H17BrF2N4O3S/c1-10-3-2-6-26(10)30(28,29)25-15-5-4-14(21)16(17(15)22)18(27)13-9-24-19-12(13)7-11(20)8-23-19/h4-5,7-10,25H,2-3,6H2,1H3,(H,23,24)/t10-/m0/s1. The Hall–Kier alpha value is -2.37. The number of carbonyl (C=O) groups excluding carboxylic acids is 1. The number of ketones is 1. The molecule has 0 spiro atoms. The highest BCUT2D eigenvalue weighted by atomic mass is 79.9. The first-order valence-corrected chi connectivity index (χ1v) is 11.4. The molecule has 7 nitrogen and oxygen atoms in total. The number of hydrogen-bond donors (Lipinski definition) is 2. The number of aromatic amines is 1. The molecule has 2 aromatic heterocycles. The third-order valence-electron chi connectivity index (χ3n) is 5.10. The molecule has 0 amide bonds. The summed E-state index contributed by atoms with van der Waals surface area (Å²) in [6, 6.07) is 3.20. The summed E-state index contributed by atoms with van der Waals surface area (Å²) in [6.07, 6.45) is 4.22. The van der Waals surface area contributed by atoms with Gasteiger partial charge in [0, 0.05) is 40.4 Å². The van der Waals surface area contributed by atoms with E-state index in [1.165, 1.54) is 16.7 Å². The Morgan fingerprint density at radius 1 is 1.37 bits per heavy atom.